The highest BCUT2D eigenvalue weighted by Gasteiger charge is 2.24. The van der Waals surface area contributed by atoms with E-state index in [-0.39, 0.29) is 18.0 Å². The van der Waals surface area contributed by atoms with Crippen molar-refractivity contribution in [3.05, 3.63) is 45.7 Å². The number of aromatic nitrogens is 1. The lowest BCUT2D eigenvalue weighted by molar-refractivity contribution is -0.00539. The van der Waals surface area contributed by atoms with Crippen molar-refractivity contribution in [2.75, 3.05) is 18.0 Å². The Morgan fingerprint density at radius 2 is 2.04 bits per heavy atom. The van der Waals surface area contributed by atoms with Crippen LogP contribution in [0.15, 0.2) is 23.6 Å². The first kappa shape index (κ1) is 17.3. The highest BCUT2D eigenvalue weighted by atomic mass is 32.1. The van der Waals surface area contributed by atoms with Crippen molar-refractivity contribution in [3.8, 4) is 0 Å². The van der Waals surface area contributed by atoms with E-state index < -0.39 is 0 Å². The number of hydrogen-bond donors (Lipinski definition) is 1. The van der Waals surface area contributed by atoms with E-state index in [2.05, 4.69) is 15.2 Å². The van der Waals surface area contributed by atoms with Gasteiger partial charge in [-0.25, -0.2) is 9.37 Å². The van der Waals surface area contributed by atoms with E-state index in [1.807, 2.05) is 38.3 Å². The topological polar surface area (TPSA) is 37.4 Å². The lowest BCUT2D eigenvalue weighted by atomic mass is 10.1. The van der Waals surface area contributed by atoms with Crippen molar-refractivity contribution in [3.63, 3.8) is 0 Å². The molecule has 0 spiro atoms. The van der Waals surface area contributed by atoms with Crippen LogP contribution in [0, 0.1) is 12.7 Å². The monoisotopic (exact) mass is 349 g/mol. The molecule has 1 aliphatic rings. The zero-order valence-corrected chi connectivity index (χ0v) is 15.2. The third kappa shape index (κ3) is 4.32. The van der Waals surface area contributed by atoms with Crippen LogP contribution in [-0.2, 0) is 17.8 Å². The van der Waals surface area contributed by atoms with Crippen molar-refractivity contribution in [2.45, 2.75) is 46.1 Å². The second-order valence-corrected chi connectivity index (χ2v) is 7.47. The van der Waals surface area contributed by atoms with Gasteiger partial charge in [-0.2, -0.15) is 0 Å². The fourth-order valence-corrected chi connectivity index (χ4v) is 3.73. The first-order valence-electron chi connectivity index (χ1n) is 8.32. The molecule has 4 nitrogen and oxygen atoms in total. The van der Waals surface area contributed by atoms with Crippen LogP contribution in [0.3, 0.4) is 0 Å². The average Bonchev–Trinajstić information content (AvgIpc) is 2.92. The summed E-state index contributed by atoms with van der Waals surface area (Å²) in [5.74, 6) is -0.167. The van der Waals surface area contributed by atoms with E-state index >= 15 is 0 Å². The normalized spacial score (nSPS) is 21.2. The Morgan fingerprint density at radius 3 is 2.67 bits per heavy atom. The van der Waals surface area contributed by atoms with Gasteiger partial charge in [0, 0.05) is 31.6 Å². The van der Waals surface area contributed by atoms with Gasteiger partial charge < -0.3 is 15.0 Å². The maximum atomic E-state index is 14.5. The summed E-state index contributed by atoms with van der Waals surface area (Å²) in [4.78, 5) is 6.49. The standard InChI is InChI=1S/C18H24FN3OS/c1-12-9-22(10-13(2)23-12)18-5-4-15(6-17(18)19)7-20-8-16-11-24-14(3)21-16/h4-6,11-13,20H,7-10H2,1-3H3/t12-,13-/m1/s1. The molecule has 24 heavy (non-hydrogen) atoms. The molecule has 1 aliphatic heterocycles. The molecule has 0 unspecified atom stereocenters. The van der Waals surface area contributed by atoms with Crippen molar-refractivity contribution in [1.82, 2.24) is 10.3 Å². The van der Waals surface area contributed by atoms with Gasteiger partial charge >= 0.3 is 0 Å². The predicted octanol–water partition coefficient (Wildman–Crippen LogP) is 3.49. The highest BCUT2D eigenvalue weighted by molar-refractivity contribution is 7.09. The third-order valence-electron chi connectivity index (χ3n) is 4.07. The zero-order chi connectivity index (χ0) is 17.1. The van der Waals surface area contributed by atoms with Crippen LogP contribution < -0.4 is 10.2 Å². The van der Waals surface area contributed by atoms with Gasteiger partial charge in [-0.3, -0.25) is 0 Å². The molecule has 6 heteroatoms. The van der Waals surface area contributed by atoms with E-state index in [4.69, 9.17) is 4.74 Å². The minimum absolute atomic E-state index is 0.121. The summed E-state index contributed by atoms with van der Waals surface area (Å²) in [6.45, 7) is 8.83. The minimum Gasteiger partial charge on any atom is -0.372 e. The molecule has 2 aromatic rings. The fraction of sp³-hybridized carbons (Fsp3) is 0.500. The zero-order valence-electron chi connectivity index (χ0n) is 14.4. The first-order chi connectivity index (χ1) is 11.5. The molecular weight excluding hydrogens is 325 g/mol. The molecule has 0 saturated carbocycles. The van der Waals surface area contributed by atoms with Gasteiger partial charge in [-0.1, -0.05) is 6.07 Å². The summed E-state index contributed by atoms with van der Waals surface area (Å²) in [6, 6.07) is 5.49. The van der Waals surface area contributed by atoms with Crippen molar-refractivity contribution in [2.24, 2.45) is 0 Å². The van der Waals surface area contributed by atoms with Crippen molar-refractivity contribution >= 4 is 17.0 Å². The van der Waals surface area contributed by atoms with Crippen molar-refractivity contribution in [1.29, 1.82) is 0 Å². The van der Waals surface area contributed by atoms with E-state index in [1.165, 1.54) is 0 Å². The van der Waals surface area contributed by atoms with Crippen LogP contribution in [0.25, 0.3) is 0 Å². The Balaban J connectivity index is 1.59. The van der Waals surface area contributed by atoms with Crippen LogP contribution in [0.2, 0.25) is 0 Å². The lowest BCUT2D eigenvalue weighted by Gasteiger charge is -2.37. The number of rotatable bonds is 5. The molecule has 1 saturated heterocycles. The van der Waals surface area contributed by atoms with Crippen LogP contribution in [0.4, 0.5) is 10.1 Å². The van der Waals surface area contributed by atoms with Gasteiger partial charge in [0.1, 0.15) is 5.82 Å². The number of anilines is 1. The Hall–Kier alpha value is -1.50. The number of morpholine rings is 1. The maximum Gasteiger partial charge on any atom is 0.146 e. The molecule has 2 atom stereocenters. The molecule has 130 valence electrons. The molecule has 1 aromatic carbocycles. The number of aryl methyl sites for hydroxylation is 1. The molecule has 1 aromatic heterocycles. The second-order valence-electron chi connectivity index (χ2n) is 6.41. The number of halogens is 1. The number of nitrogens with zero attached hydrogens (tertiary/aromatic N) is 2. The van der Waals surface area contributed by atoms with Crippen LogP contribution in [-0.4, -0.2) is 30.3 Å². The Kier molecular flexibility index (Phi) is 5.48. The van der Waals surface area contributed by atoms with Gasteiger partial charge in [0.15, 0.2) is 0 Å². The third-order valence-corrected chi connectivity index (χ3v) is 4.90. The van der Waals surface area contributed by atoms with Crippen LogP contribution in [0.5, 0.6) is 0 Å². The highest BCUT2D eigenvalue weighted by Crippen LogP contribution is 2.24. The lowest BCUT2D eigenvalue weighted by Crippen LogP contribution is -2.45. The van der Waals surface area contributed by atoms with Crippen LogP contribution >= 0.6 is 11.3 Å². The Bertz CT molecular complexity index is 681. The Labute approximate surface area is 146 Å². The molecule has 0 radical (unpaired) electrons. The van der Waals surface area contributed by atoms with Gasteiger partial charge in [0.2, 0.25) is 0 Å². The number of hydrogen-bond acceptors (Lipinski definition) is 5. The molecule has 2 heterocycles. The summed E-state index contributed by atoms with van der Waals surface area (Å²) in [7, 11) is 0. The summed E-state index contributed by atoms with van der Waals surface area (Å²) < 4.78 is 20.2. The molecular formula is C18H24FN3OS. The quantitative estimate of drug-likeness (QED) is 0.897. The molecule has 1 fully saturated rings. The molecule has 3 rings (SSSR count). The number of ether oxygens (including phenoxy) is 1. The number of benzene rings is 1. The smallest absolute Gasteiger partial charge is 0.146 e. The van der Waals surface area contributed by atoms with Gasteiger partial charge in [0.25, 0.3) is 0 Å². The maximum absolute atomic E-state index is 14.5. The summed E-state index contributed by atoms with van der Waals surface area (Å²) in [6.07, 6.45) is 0.243. The second kappa shape index (κ2) is 7.59. The van der Waals surface area contributed by atoms with E-state index in [9.17, 15) is 4.39 Å². The number of thiazole rings is 1. The van der Waals surface area contributed by atoms with E-state index in [1.54, 1.807) is 17.4 Å². The summed E-state index contributed by atoms with van der Waals surface area (Å²) in [5.41, 5.74) is 2.64. The van der Waals surface area contributed by atoms with Gasteiger partial charge in [-0.05, 0) is 38.5 Å². The van der Waals surface area contributed by atoms with Crippen LogP contribution in [0.1, 0.15) is 30.1 Å². The van der Waals surface area contributed by atoms with Gasteiger partial charge in [0.05, 0.1) is 28.6 Å². The predicted molar refractivity (Wildman–Crippen MR) is 96.0 cm³/mol. The first-order valence-corrected chi connectivity index (χ1v) is 9.20. The summed E-state index contributed by atoms with van der Waals surface area (Å²) in [5, 5.41) is 6.43. The van der Waals surface area contributed by atoms with Crippen molar-refractivity contribution < 1.29 is 9.13 Å². The van der Waals surface area contributed by atoms with E-state index in [0.717, 1.165) is 29.4 Å². The van der Waals surface area contributed by atoms with Gasteiger partial charge in [-0.15, -0.1) is 11.3 Å². The number of nitrogens with one attached hydrogen (secondary N) is 1. The molecule has 1 N–H and O–H groups in total. The fourth-order valence-electron chi connectivity index (χ4n) is 3.12. The Morgan fingerprint density at radius 1 is 1.29 bits per heavy atom. The van der Waals surface area contributed by atoms with E-state index in [0.29, 0.717) is 18.8 Å². The molecule has 0 bridgehead atoms. The minimum atomic E-state index is -0.167. The SMILES string of the molecule is Cc1nc(CNCc2ccc(N3C[C@@H](C)O[C@H](C)C3)c(F)c2)cs1. The largest absolute Gasteiger partial charge is 0.372 e. The molecule has 0 amide bonds. The molecule has 0 aliphatic carbocycles. The summed E-state index contributed by atoms with van der Waals surface area (Å²) >= 11 is 1.64. The average molecular weight is 349 g/mol.